The van der Waals surface area contributed by atoms with Crippen LogP contribution in [0.15, 0.2) is 24.3 Å². The summed E-state index contributed by atoms with van der Waals surface area (Å²) in [6.45, 7) is 2.31. The maximum absolute atomic E-state index is 5.85. The van der Waals surface area contributed by atoms with E-state index >= 15 is 0 Å². The fourth-order valence-electron chi connectivity index (χ4n) is 6.21. The predicted molar refractivity (Wildman–Crippen MR) is 128 cm³/mol. The van der Waals surface area contributed by atoms with Gasteiger partial charge >= 0.3 is 0 Å². The molecular formula is C28H47N. The van der Waals surface area contributed by atoms with Gasteiger partial charge in [0.25, 0.3) is 0 Å². The zero-order valence-corrected chi connectivity index (χ0v) is 19.2. The van der Waals surface area contributed by atoms with Gasteiger partial charge in [-0.1, -0.05) is 89.7 Å². The molecule has 164 valence electrons. The van der Waals surface area contributed by atoms with E-state index in [2.05, 4.69) is 31.2 Å². The van der Waals surface area contributed by atoms with Gasteiger partial charge in [-0.25, -0.2) is 0 Å². The van der Waals surface area contributed by atoms with E-state index in [9.17, 15) is 0 Å². The van der Waals surface area contributed by atoms with Crippen LogP contribution in [0.4, 0.5) is 5.69 Å². The Morgan fingerprint density at radius 1 is 0.655 bits per heavy atom. The molecule has 2 N–H and O–H groups in total. The largest absolute Gasteiger partial charge is 0.399 e. The van der Waals surface area contributed by atoms with E-state index < -0.39 is 0 Å². The van der Waals surface area contributed by atoms with Crippen LogP contribution >= 0.6 is 0 Å². The fourth-order valence-corrected chi connectivity index (χ4v) is 6.21. The van der Waals surface area contributed by atoms with Crippen LogP contribution in [-0.2, 0) is 0 Å². The molecule has 0 bridgehead atoms. The molecule has 1 aromatic rings. The van der Waals surface area contributed by atoms with Crippen molar-refractivity contribution in [1.29, 1.82) is 0 Å². The van der Waals surface area contributed by atoms with Crippen LogP contribution in [0.5, 0.6) is 0 Å². The van der Waals surface area contributed by atoms with Crippen molar-refractivity contribution in [3.05, 3.63) is 29.8 Å². The van der Waals surface area contributed by atoms with Crippen LogP contribution < -0.4 is 5.73 Å². The van der Waals surface area contributed by atoms with Crippen molar-refractivity contribution in [3.8, 4) is 0 Å². The third-order valence-corrected chi connectivity index (χ3v) is 8.20. The lowest BCUT2D eigenvalue weighted by Gasteiger charge is -2.38. The van der Waals surface area contributed by atoms with Gasteiger partial charge in [0.05, 0.1) is 0 Å². The zero-order valence-electron chi connectivity index (χ0n) is 19.2. The molecular weight excluding hydrogens is 350 g/mol. The average Bonchev–Trinajstić information content (AvgIpc) is 2.77. The van der Waals surface area contributed by atoms with Gasteiger partial charge in [-0.2, -0.15) is 0 Å². The molecule has 1 nitrogen and oxygen atoms in total. The summed E-state index contributed by atoms with van der Waals surface area (Å²) in [6, 6.07) is 8.68. The molecule has 0 spiro atoms. The molecule has 2 fully saturated rings. The Labute approximate surface area is 181 Å². The lowest BCUT2D eigenvalue weighted by atomic mass is 9.68. The number of hydrogen-bond donors (Lipinski definition) is 1. The summed E-state index contributed by atoms with van der Waals surface area (Å²) in [6.07, 6.45) is 25.0. The molecule has 1 heteroatoms. The molecule has 0 aliphatic heterocycles. The molecule has 1 aromatic carbocycles. The Hall–Kier alpha value is -0.980. The average molecular weight is 398 g/mol. The Bertz CT molecular complexity index is 532. The first kappa shape index (κ1) is 22.7. The first-order valence-electron chi connectivity index (χ1n) is 13.1. The molecule has 29 heavy (non-hydrogen) atoms. The quantitative estimate of drug-likeness (QED) is 0.293. The maximum Gasteiger partial charge on any atom is 0.0314 e. The molecule has 2 aliphatic rings. The highest BCUT2D eigenvalue weighted by molar-refractivity contribution is 5.40. The summed E-state index contributed by atoms with van der Waals surface area (Å²) in [4.78, 5) is 0. The minimum atomic E-state index is 0.783. The second-order valence-corrected chi connectivity index (χ2v) is 10.3. The van der Waals surface area contributed by atoms with Gasteiger partial charge in [0.1, 0.15) is 0 Å². The van der Waals surface area contributed by atoms with E-state index in [1.165, 1.54) is 115 Å². The van der Waals surface area contributed by atoms with Crippen molar-refractivity contribution >= 4 is 5.69 Å². The molecule has 0 amide bonds. The summed E-state index contributed by atoms with van der Waals surface area (Å²) >= 11 is 0. The van der Waals surface area contributed by atoms with E-state index in [1.54, 1.807) is 0 Å². The number of anilines is 1. The predicted octanol–water partition coefficient (Wildman–Crippen LogP) is 8.88. The molecule has 3 rings (SSSR count). The van der Waals surface area contributed by atoms with Crippen molar-refractivity contribution in [3.63, 3.8) is 0 Å². The molecule has 0 saturated heterocycles. The topological polar surface area (TPSA) is 26.0 Å². The Morgan fingerprint density at radius 3 is 1.76 bits per heavy atom. The van der Waals surface area contributed by atoms with Crippen LogP contribution in [0.1, 0.15) is 128 Å². The van der Waals surface area contributed by atoms with Crippen molar-refractivity contribution in [2.24, 2.45) is 17.8 Å². The van der Waals surface area contributed by atoms with Gasteiger partial charge in [-0.05, 0) is 79.9 Å². The van der Waals surface area contributed by atoms with Gasteiger partial charge in [0.2, 0.25) is 0 Å². The molecule has 2 saturated carbocycles. The number of rotatable bonds is 11. The summed E-state index contributed by atoms with van der Waals surface area (Å²) in [5.74, 6) is 3.89. The summed E-state index contributed by atoms with van der Waals surface area (Å²) in [5, 5.41) is 0. The number of hydrogen-bond acceptors (Lipinski definition) is 1. The minimum Gasteiger partial charge on any atom is -0.399 e. The van der Waals surface area contributed by atoms with Crippen molar-refractivity contribution in [2.45, 2.75) is 122 Å². The van der Waals surface area contributed by atoms with E-state index in [1.807, 2.05) is 0 Å². The highest BCUT2D eigenvalue weighted by atomic mass is 14.5. The Morgan fingerprint density at radius 2 is 1.17 bits per heavy atom. The van der Waals surface area contributed by atoms with Crippen molar-refractivity contribution < 1.29 is 0 Å². The van der Waals surface area contributed by atoms with Crippen LogP contribution in [-0.4, -0.2) is 0 Å². The van der Waals surface area contributed by atoms with Crippen LogP contribution in [0.25, 0.3) is 0 Å². The standard InChI is InChI=1S/C28H47N/c1-2-3-4-5-6-7-8-9-10-23-11-13-24(14-12-23)25-15-17-26(18-16-25)27-19-21-28(29)22-20-27/h19-26H,2-18,29H2,1H3/t23?,24?,25-,26-. The highest BCUT2D eigenvalue weighted by Gasteiger charge is 2.31. The molecule has 2 aliphatic carbocycles. The second-order valence-electron chi connectivity index (χ2n) is 10.3. The molecule has 0 aromatic heterocycles. The maximum atomic E-state index is 5.85. The fraction of sp³-hybridized carbons (Fsp3) is 0.786. The van der Waals surface area contributed by atoms with Gasteiger partial charge in [-0.3, -0.25) is 0 Å². The molecule has 0 radical (unpaired) electrons. The monoisotopic (exact) mass is 397 g/mol. The molecule has 0 heterocycles. The van der Waals surface area contributed by atoms with Gasteiger partial charge in [0.15, 0.2) is 0 Å². The highest BCUT2D eigenvalue weighted by Crippen LogP contribution is 2.44. The number of nitrogens with two attached hydrogens (primary N) is 1. The summed E-state index contributed by atoms with van der Waals surface area (Å²) in [5.41, 5.74) is 8.27. The lowest BCUT2D eigenvalue weighted by Crippen LogP contribution is -2.25. The summed E-state index contributed by atoms with van der Waals surface area (Å²) < 4.78 is 0. The number of nitrogen functional groups attached to an aromatic ring is 1. The summed E-state index contributed by atoms with van der Waals surface area (Å²) in [7, 11) is 0. The Balaban J connectivity index is 1.25. The SMILES string of the molecule is CCCCCCCCCCC1CCC([C@H]2CC[C@H](c3ccc(N)cc3)CC2)CC1. The molecule has 0 atom stereocenters. The van der Waals surface area contributed by atoms with E-state index in [0.29, 0.717) is 0 Å². The number of unbranched alkanes of at least 4 members (excludes halogenated alkanes) is 7. The normalized spacial score (nSPS) is 27.8. The van der Waals surface area contributed by atoms with Crippen LogP contribution in [0.2, 0.25) is 0 Å². The molecule has 0 unspecified atom stereocenters. The third kappa shape index (κ3) is 7.65. The zero-order chi connectivity index (χ0) is 20.3. The van der Waals surface area contributed by atoms with Gasteiger partial charge < -0.3 is 5.73 Å². The second kappa shape index (κ2) is 12.7. The van der Waals surface area contributed by atoms with E-state index in [-0.39, 0.29) is 0 Å². The first-order valence-corrected chi connectivity index (χ1v) is 13.1. The van der Waals surface area contributed by atoms with E-state index in [0.717, 1.165) is 29.4 Å². The van der Waals surface area contributed by atoms with Crippen molar-refractivity contribution in [1.82, 2.24) is 0 Å². The van der Waals surface area contributed by atoms with Crippen LogP contribution in [0.3, 0.4) is 0 Å². The minimum absolute atomic E-state index is 0.783. The van der Waals surface area contributed by atoms with E-state index in [4.69, 9.17) is 5.73 Å². The third-order valence-electron chi connectivity index (χ3n) is 8.20. The lowest BCUT2D eigenvalue weighted by molar-refractivity contribution is 0.155. The first-order chi connectivity index (χ1) is 14.3. The Kier molecular flexibility index (Phi) is 9.91. The van der Waals surface area contributed by atoms with Gasteiger partial charge in [0, 0.05) is 5.69 Å². The van der Waals surface area contributed by atoms with Crippen LogP contribution in [0, 0.1) is 17.8 Å². The van der Waals surface area contributed by atoms with Gasteiger partial charge in [-0.15, -0.1) is 0 Å². The smallest absolute Gasteiger partial charge is 0.0314 e. The van der Waals surface area contributed by atoms with Crippen molar-refractivity contribution in [2.75, 3.05) is 5.73 Å². The number of benzene rings is 1.